The molecule has 0 bridgehead atoms. The molecule has 1 aromatic rings. The quantitative estimate of drug-likeness (QED) is 0.867. The van der Waals surface area contributed by atoms with E-state index in [1.54, 1.807) is 14.2 Å². The molecule has 1 amide bonds. The van der Waals surface area contributed by atoms with Crippen LogP contribution in [0.5, 0.6) is 5.75 Å². The Balaban J connectivity index is 2.14. The van der Waals surface area contributed by atoms with Crippen molar-refractivity contribution in [3.63, 3.8) is 0 Å². The number of likely N-dealkylation sites (tertiary alicyclic amines) is 1. The maximum Gasteiger partial charge on any atom is 0.225 e. The standard InChI is InChI=1S/C16H24N2O3/c1-20-12(11-17)10-16(19)18-9-5-7-14(18)13-6-3-4-8-15(13)21-2/h3-4,6,8,12,14H,5,7,9-11,17H2,1-2H3. The lowest BCUT2D eigenvalue weighted by molar-refractivity contribution is -0.134. The Bertz CT molecular complexity index is 474. The summed E-state index contributed by atoms with van der Waals surface area (Å²) < 4.78 is 10.6. The highest BCUT2D eigenvalue weighted by Gasteiger charge is 2.32. The minimum atomic E-state index is -0.212. The minimum absolute atomic E-state index is 0.0870. The molecule has 1 heterocycles. The fraction of sp³-hybridized carbons (Fsp3) is 0.562. The van der Waals surface area contributed by atoms with Gasteiger partial charge in [-0.1, -0.05) is 18.2 Å². The number of nitrogens with zero attached hydrogens (tertiary/aromatic N) is 1. The second-order valence-electron chi connectivity index (χ2n) is 5.28. The van der Waals surface area contributed by atoms with Crippen LogP contribution in [0.25, 0.3) is 0 Å². The second-order valence-corrected chi connectivity index (χ2v) is 5.28. The van der Waals surface area contributed by atoms with Gasteiger partial charge in [-0.15, -0.1) is 0 Å². The number of amides is 1. The molecular weight excluding hydrogens is 268 g/mol. The van der Waals surface area contributed by atoms with Crippen LogP contribution in [0, 0.1) is 0 Å². The Morgan fingerprint density at radius 3 is 2.86 bits per heavy atom. The number of nitrogens with two attached hydrogens (primary N) is 1. The molecule has 2 N–H and O–H groups in total. The summed E-state index contributed by atoms with van der Waals surface area (Å²) in [5.74, 6) is 0.935. The summed E-state index contributed by atoms with van der Waals surface area (Å²) in [6.07, 6.45) is 2.09. The van der Waals surface area contributed by atoms with Crippen LogP contribution in [0.15, 0.2) is 24.3 Å². The lowest BCUT2D eigenvalue weighted by Gasteiger charge is -2.27. The van der Waals surface area contributed by atoms with Gasteiger partial charge in [0.1, 0.15) is 5.75 Å². The minimum Gasteiger partial charge on any atom is -0.496 e. The van der Waals surface area contributed by atoms with Gasteiger partial charge in [-0.05, 0) is 18.9 Å². The maximum absolute atomic E-state index is 12.5. The number of rotatable bonds is 6. The number of carbonyl (C=O) groups excluding carboxylic acids is 1. The molecular formula is C16H24N2O3. The van der Waals surface area contributed by atoms with Gasteiger partial charge < -0.3 is 20.1 Å². The van der Waals surface area contributed by atoms with Crippen LogP contribution in [0.4, 0.5) is 0 Å². The lowest BCUT2D eigenvalue weighted by atomic mass is 10.0. The Labute approximate surface area is 126 Å². The molecule has 116 valence electrons. The van der Waals surface area contributed by atoms with E-state index in [0.29, 0.717) is 13.0 Å². The average Bonchev–Trinajstić information content (AvgIpc) is 3.01. The summed E-state index contributed by atoms with van der Waals surface area (Å²) in [6.45, 7) is 1.14. The van der Waals surface area contributed by atoms with Crippen molar-refractivity contribution in [3.8, 4) is 5.75 Å². The van der Waals surface area contributed by atoms with Crippen LogP contribution >= 0.6 is 0 Å². The molecule has 0 aliphatic carbocycles. The zero-order valence-electron chi connectivity index (χ0n) is 12.7. The largest absolute Gasteiger partial charge is 0.496 e. The molecule has 0 aromatic heterocycles. The van der Waals surface area contributed by atoms with Gasteiger partial charge in [-0.3, -0.25) is 4.79 Å². The Kier molecular flexibility index (Phi) is 5.59. The van der Waals surface area contributed by atoms with Crippen molar-refractivity contribution in [3.05, 3.63) is 29.8 Å². The Hall–Kier alpha value is -1.59. The van der Waals surface area contributed by atoms with E-state index in [1.807, 2.05) is 29.2 Å². The molecule has 1 aromatic carbocycles. The average molecular weight is 292 g/mol. The third kappa shape index (κ3) is 3.54. The number of para-hydroxylation sites is 1. The highest BCUT2D eigenvalue weighted by Crippen LogP contribution is 2.37. The maximum atomic E-state index is 12.5. The van der Waals surface area contributed by atoms with Crippen LogP contribution < -0.4 is 10.5 Å². The first-order valence-corrected chi connectivity index (χ1v) is 7.36. The van der Waals surface area contributed by atoms with E-state index >= 15 is 0 Å². The zero-order chi connectivity index (χ0) is 15.2. The van der Waals surface area contributed by atoms with Gasteiger partial charge >= 0.3 is 0 Å². The molecule has 2 rings (SSSR count). The molecule has 0 saturated carbocycles. The Morgan fingerprint density at radius 1 is 1.43 bits per heavy atom. The number of benzene rings is 1. The third-order valence-electron chi connectivity index (χ3n) is 4.07. The summed E-state index contributed by atoms with van der Waals surface area (Å²) in [4.78, 5) is 14.4. The molecule has 0 spiro atoms. The van der Waals surface area contributed by atoms with Crippen molar-refractivity contribution in [2.75, 3.05) is 27.3 Å². The topological polar surface area (TPSA) is 64.8 Å². The van der Waals surface area contributed by atoms with Crippen molar-refractivity contribution < 1.29 is 14.3 Å². The summed E-state index contributed by atoms with van der Waals surface area (Å²) in [5, 5.41) is 0. The predicted octanol–water partition coefficient (Wildman–Crippen LogP) is 1.72. The van der Waals surface area contributed by atoms with E-state index in [-0.39, 0.29) is 18.1 Å². The van der Waals surface area contributed by atoms with Gasteiger partial charge in [0.15, 0.2) is 0 Å². The molecule has 5 heteroatoms. The van der Waals surface area contributed by atoms with Gasteiger partial charge in [-0.2, -0.15) is 0 Å². The second kappa shape index (κ2) is 7.43. The van der Waals surface area contributed by atoms with Gasteiger partial charge in [-0.25, -0.2) is 0 Å². The van der Waals surface area contributed by atoms with Gasteiger partial charge in [0.25, 0.3) is 0 Å². The van der Waals surface area contributed by atoms with Crippen molar-refractivity contribution in [2.45, 2.75) is 31.4 Å². The van der Waals surface area contributed by atoms with Crippen LogP contribution in [0.1, 0.15) is 30.9 Å². The molecule has 2 unspecified atom stereocenters. The first-order valence-electron chi connectivity index (χ1n) is 7.36. The number of hydrogen-bond donors (Lipinski definition) is 1. The zero-order valence-corrected chi connectivity index (χ0v) is 12.7. The Morgan fingerprint density at radius 2 is 2.19 bits per heavy atom. The van der Waals surface area contributed by atoms with E-state index in [0.717, 1.165) is 30.7 Å². The van der Waals surface area contributed by atoms with Crippen LogP contribution in [0.2, 0.25) is 0 Å². The number of carbonyl (C=O) groups is 1. The van der Waals surface area contributed by atoms with Gasteiger partial charge in [0.05, 0.1) is 25.7 Å². The van der Waals surface area contributed by atoms with E-state index in [2.05, 4.69) is 0 Å². The highest BCUT2D eigenvalue weighted by molar-refractivity contribution is 5.77. The van der Waals surface area contributed by atoms with E-state index in [4.69, 9.17) is 15.2 Å². The fourth-order valence-electron chi connectivity index (χ4n) is 2.91. The van der Waals surface area contributed by atoms with Crippen molar-refractivity contribution in [1.29, 1.82) is 0 Å². The number of hydrogen-bond acceptors (Lipinski definition) is 4. The van der Waals surface area contributed by atoms with Crippen molar-refractivity contribution in [2.24, 2.45) is 5.73 Å². The van der Waals surface area contributed by atoms with Crippen molar-refractivity contribution in [1.82, 2.24) is 4.90 Å². The number of ether oxygens (including phenoxy) is 2. The summed E-state index contributed by atoms with van der Waals surface area (Å²) >= 11 is 0. The fourth-order valence-corrected chi connectivity index (χ4v) is 2.91. The first-order chi connectivity index (χ1) is 10.2. The summed E-state index contributed by atoms with van der Waals surface area (Å²) in [6, 6.07) is 7.99. The monoisotopic (exact) mass is 292 g/mol. The van der Waals surface area contributed by atoms with Crippen LogP contribution in [0.3, 0.4) is 0 Å². The first kappa shape index (κ1) is 15.8. The highest BCUT2D eigenvalue weighted by atomic mass is 16.5. The molecule has 1 aliphatic rings. The van der Waals surface area contributed by atoms with E-state index in [9.17, 15) is 4.79 Å². The molecule has 1 fully saturated rings. The van der Waals surface area contributed by atoms with E-state index < -0.39 is 0 Å². The lowest BCUT2D eigenvalue weighted by Crippen LogP contribution is -2.35. The third-order valence-corrected chi connectivity index (χ3v) is 4.07. The smallest absolute Gasteiger partial charge is 0.225 e. The SMILES string of the molecule is COc1ccccc1C1CCCN1C(=O)CC(CN)OC. The van der Waals surface area contributed by atoms with Gasteiger partial charge in [0.2, 0.25) is 5.91 Å². The molecule has 1 saturated heterocycles. The van der Waals surface area contributed by atoms with Crippen LogP contribution in [-0.2, 0) is 9.53 Å². The number of methoxy groups -OCH3 is 2. The molecule has 2 atom stereocenters. The van der Waals surface area contributed by atoms with Gasteiger partial charge in [0, 0.05) is 25.8 Å². The normalized spacial score (nSPS) is 19.6. The van der Waals surface area contributed by atoms with E-state index in [1.165, 1.54) is 0 Å². The van der Waals surface area contributed by atoms with Crippen molar-refractivity contribution >= 4 is 5.91 Å². The summed E-state index contributed by atoms with van der Waals surface area (Å²) in [7, 11) is 3.25. The molecule has 21 heavy (non-hydrogen) atoms. The molecule has 1 aliphatic heterocycles. The van der Waals surface area contributed by atoms with Crippen LogP contribution in [-0.4, -0.2) is 44.2 Å². The predicted molar refractivity (Wildman–Crippen MR) is 81.2 cm³/mol. The molecule has 0 radical (unpaired) electrons. The molecule has 5 nitrogen and oxygen atoms in total. The summed E-state index contributed by atoms with van der Waals surface area (Å²) in [5.41, 5.74) is 6.68.